The maximum Gasteiger partial charge on any atom is 0.262 e. The number of fused-ring (bicyclic) bond motifs is 1. The summed E-state index contributed by atoms with van der Waals surface area (Å²) in [7, 11) is 0. The third-order valence-electron chi connectivity index (χ3n) is 2.88. The minimum atomic E-state index is -0.128. The van der Waals surface area contributed by atoms with Crippen molar-refractivity contribution < 1.29 is 9.53 Å². The molecule has 0 unspecified atom stereocenters. The van der Waals surface area contributed by atoms with Gasteiger partial charge in [0.05, 0.1) is 5.69 Å². The van der Waals surface area contributed by atoms with E-state index in [4.69, 9.17) is 4.74 Å². The number of pyridine rings is 1. The van der Waals surface area contributed by atoms with Gasteiger partial charge in [0.25, 0.3) is 5.91 Å². The van der Waals surface area contributed by atoms with Crippen LogP contribution in [-0.4, -0.2) is 17.5 Å². The van der Waals surface area contributed by atoms with Gasteiger partial charge in [0.2, 0.25) is 0 Å². The predicted molar refractivity (Wildman–Crippen MR) is 79.8 cm³/mol. The van der Waals surface area contributed by atoms with Gasteiger partial charge < -0.3 is 15.4 Å². The maximum absolute atomic E-state index is 11.3. The van der Waals surface area contributed by atoms with Gasteiger partial charge in [-0.15, -0.1) is 0 Å². The van der Waals surface area contributed by atoms with E-state index in [-0.39, 0.29) is 12.5 Å². The van der Waals surface area contributed by atoms with Crippen LogP contribution in [0.2, 0.25) is 0 Å². The van der Waals surface area contributed by atoms with Gasteiger partial charge in [-0.2, -0.15) is 0 Å². The number of nitrogens with zero attached hydrogens (tertiary/aromatic N) is 1. The highest BCUT2D eigenvalue weighted by molar-refractivity contribution is 9.10. The molecule has 0 bridgehead atoms. The molecule has 0 atom stereocenters. The van der Waals surface area contributed by atoms with E-state index >= 15 is 0 Å². The molecule has 1 aromatic heterocycles. The molecule has 20 heavy (non-hydrogen) atoms. The number of aromatic nitrogens is 1. The molecule has 5 nitrogen and oxygen atoms in total. The molecule has 2 N–H and O–H groups in total. The van der Waals surface area contributed by atoms with Crippen molar-refractivity contribution in [2.75, 3.05) is 17.2 Å². The first-order valence-corrected chi connectivity index (χ1v) is 6.91. The summed E-state index contributed by atoms with van der Waals surface area (Å²) in [5, 5.41) is 6.01. The Kier molecular flexibility index (Phi) is 3.56. The molecule has 0 fully saturated rings. The monoisotopic (exact) mass is 333 g/mol. The summed E-state index contributed by atoms with van der Waals surface area (Å²) in [6.45, 7) is 0.700. The standard InChI is InChI=1S/C14H12BrN3O2/c15-10-2-4-13(17-7-10)16-6-9-1-3-12-11(5-9)18-14(19)8-20-12/h1-5,7H,6,8H2,(H,16,17)(H,18,19). The number of ether oxygens (including phenoxy) is 1. The summed E-state index contributed by atoms with van der Waals surface area (Å²) in [4.78, 5) is 15.5. The van der Waals surface area contributed by atoms with E-state index < -0.39 is 0 Å². The average Bonchev–Trinajstić information content (AvgIpc) is 2.46. The number of amides is 1. The van der Waals surface area contributed by atoms with E-state index in [2.05, 4.69) is 31.5 Å². The zero-order valence-electron chi connectivity index (χ0n) is 10.5. The average molecular weight is 334 g/mol. The van der Waals surface area contributed by atoms with E-state index in [1.807, 2.05) is 30.3 Å². The van der Waals surface area contributed by atoms with Crippen LogP contribution in [0.4, 0.5) is 11.5 Å². The lowest BCUT2D eigenvalue weighted by atomic mass is 10.1. The highest BCUT2D eigenvalue weighted by atomic mass is 79.9. The number of benzene rings is 1. The van der Waals surface area contributed by atoms with Gasteiger partial charge in [-0.3, -0.25) is 4.79 Å². The molecule has 3 rings (SSSR count). The fraction of sp³-hybridized carbons (Fsp3) is 0.143. The van der Waals surface area contributed by atoms with Crippen LogP contribution < -0.4 is 15.4 Å². The van der Waals surface area contributed by atoms with Crippen LogP contribution in [-0.2, 0) is 11.3 Å². The first kappa shape index (κ1) is 12.9. The van der Waals surface area contributed by atoms with Crippen molar-refractivity contribution in [3.63, 3.8) is 0 Å². The second-order valence-corrected chi connectivity index (χ2v) is 5.30. The van der Waals surface area contributed by atoms with Crippen molar-refractivity contribution in [1.82, 2.24) is 4.98 Å². The normalized spacial score (nSPS) is 13.2. The summed E-state index contributed by atoms with van der Waals surface area (Å²) in [5.74, 6) is 1.37. The summed E-state index contributed by atoms with van der Waals surface area (Å²) in [5.41, 5.74) is 1.75. The molecule has 0 radical (unpaired) electrons. The number of hydrogen-bond acceptors (Lipinski definition) is 4. The highest BCUT2D eigenvalue weighted by Crippen LogP contribution is 2.28. The molecule has 1 aromatic carbocycles. The highest BCUT2D eigenvalue weighted by Gasteiger charge is 2.15. The summed E-state index contributed by atoms with van der Waals surface area (Å²) < 4.78 is 6.26. The Bertz CT molecular complexity index is 643. The Hall–Kier alpha value is -2.08. The molecule has 0 aliphatic carbocycles. The molecule has 1 aliphatic heterocycles. The first-order chi connectivity index (χ1) is 9.70. The van der Waals surface area contributed by atoms with Gasteiger partial charge >= 0.3 is 0 Å². The van der Waals surface area contributed by atoms with Crippen LogP contribution in [0.5, 0.6) is 5.75 Å². The third-order valence-corrected chi connectivity index (χ3v) is 3.35. The van der Waals surface area contributed by atoms with Crippen LogP contribution >= 0.6 is 15.9 Å². The summed E-state index contributed by atoms with van der Waals surface area (Å²) >= 11 is 3.34. The Balaban J connectivity index is 1.70. The van der Waals surface area contributed by atoms with Crippen molar-refractivity contribution in [2.24, 2.45) is 0 Å². The van der Waals surface area contributed by atoms with E-state index in [0.29, 0.717) is 18.0 Å². The number of halogens is 1. The second kappa shape index (κ2) is 5.50. The van der Waals surface area contributed by atoms with E-state index in [1.165, 1.54) is 0 Å². The number of hydrogen-bond donors (Lipinski definition) is 2. The van der Waals surface area contributed by atoms with Crippen molar-refractivity contribution >= 4 is 33.3 Å². The zero-order chi connectivity index (χ0) is 13.9. The maximum atomic E-state index is 11.3. The fourth-order valence-electron chi connectivity index (χ4n) is 1.91. The van der Waals surface area contributed by atoms with Gasteiger partial charge in [0, 0.05) is 17.2 Å². The minimum Gasteiger partial charge on any atom is -0.482 e. The smallest absolute Gasteiger partial charge is 0.262 e. The summed E-state index contributed by atoms with van der Waals surface area (Å²) in [6.07, 6.45) is 1.74. The summed E-state index contributed by atoms with van der Waals surface area (Å²) in [6, 6.07) is 9.55. The Morgan fingerprint density at radius 2 is 2.25 bits per heavy atom. The zero-order valence-corrected chi connectivity index (χ0v) is 12.1. The number of anilines is 2. The first-order valence-electron chi connectivity index (χ1n) is 6.12. The Morgan fingerprint density at radius 1 is 1.35 bits per heavy atom. The lowest BCUT2D eigenvalue weighted by Crippen LogP contribution is -2.25. The number of carbonyl (C=O) groups excluding carboxylic acids is 1. The van der Waals surface area contributed by atoms with Gasteiger partial charge in [-0.05, 0) is 45.8 Å². The number of carbonyl (C=O) groups is 1. The quantitative estimate of drug-likeness (QED) is 0.906. The molecule has 6 heteroatoms. The molecular formula is C14H12BrN3O2. The largest absolute Gasteiger partial charge is 0.482 e. The van der Waals surface area contributed by atoms with Crippen LogP contribution in [0.25, 0.3) is 0 Å². The van der Waals surface area contributed by atoms with Crippen LogP contribution in [0, 0.1) is 0 Å². The number of rotatable bonds is 3. The SMILES string of the molecule is O=C1COc2ccc(CNc3ccc(Br)cn3)cc2N1. The lowest BCUT2D eigenvalue weighted by molar-refractivity contribution is -0.118. The molecule has 0 saturated heterocycles. The molecule has 102 valence electrons. The van der Waals surface area contributed by atoms with Crippen LogP contribution in [0.1, 0.15) is 5.56 Å². The van der Waals surface area contributed by atoms with Crippen molar-refractivity contribution in [2.45, 2.75) is 6.54 Å². The van der Waals surface area contributed by atoms with Gasteiger partial charge in [0.1, 0.15) is 11.6 Å². The molecule has 2 heterocycles. The van der Waals surface area contributed by atoms with Crippen LogP contribution in [0.15, 0.2) is 41.0 Å². The van der Waals surface area contributed by atoms with Crippen LogP contribution in [0.3, 0.4) is 0 Å². The lowest BCUT2D eigenvalue weighted by Gasteiger charge is -2.18. The topological polar surface area (TPSA) is 63.2 Å². The Labute approximate surface area is 124 Å². The molecule has 0 spiro atoms. The van der Waals surface area contributed by atoms with Gasteiger partial charge in [0.15, 0.2) is 6.61 Å². The van der Waals surface area contributed by atoms with Crippen molar-refractivity contribution in [3.8, 4) is 5.75 Å². The van der Waals surface area contributed by atoms with Gasteiger partial charge in [-0.25, -0.2) is 4.98 Å². The van der Waals surface area contributed by atoms with E-state index in [9.17, 15) is 4.79 Å². The van der Waals surface area contributed by atoms with Crippen molar-refractivity contribution in [3.05, 3.63) is 46.6 Å². The molecule has 2 aromatic rings. The molecule has 1 amide bonds. The number of nitrogens with one attached hydrogen (secondary N) is 2. The minimum absolute atomic E-state index is 0.0768. The van der Waals surface area contributed by atoms with Crippen molar-refractivity contribution in [1.29, 1.82) is 0 Å². The fourth-order valence-corrected chi connectivity index (χ4v) is 2.15. The molecule has 0 saturated carbocycles. The third kappa shape index (κ3) is 2.91. The van der Waals surface area contributed by atoms with Gasteiger partial charge in [-0.1, -0.05) is 6.07 Å². The Morgan fingerprint density at radius 3 is 3.05 bits per heavy atom. The second-order valence-electron chi connectivity index (χ2n) is 4.38. The molecular weight excluding hydrogens is 322 g/mol. The van der Waals surface area contributed by atoms with E-state index in [1.54, 1.807) is 6.20 Å². The van der Waals surface area contributed by atoms with E-state index in [0.717, 1.165) is 15.9 Å². The predicted octanol–water partition coefficient (Wildman–Crippen LogP) is 2.79. The molecule has 1 aliphatic rings.